The molecule has 0 aliphatic rings. The molecule has 1 heterocycles. The minimum atomic E-state index is -3.12. The van der Waals surface area contributed by atoms with Crippen LogP contribution in [0.25, 0.3) is 0 Å². The summed E-state index contributed by atoms with van der Waals surface area (Å²) in [5.74, 6) is 0.173. The molecule has 1 N–H and O–H groups in total. The summed E-state index contributed by atoms with van der Waals surface area (Å²) in [5.41, 5.74) is 1.80. The minimum absolute atomic E-state index is 0.173. The Bertz CT molecular complexity index is 398. The number of nitrogens with one attached hydrogen (secondary N) is 1. The fraction of sp³-hybridized carbons (Fsp3) is 0.500. The highest BCUT2D eigenvalue weighted by Crippen LogP contribution is 2.00. The molecule has 0 radical (unpaired) electrons. The van der Waals surface area contributed by atoms with Crippen molar-refractivity contribution in [3.63, 3.8) is 0 Å². The molecule has 4 nitrogen and oxygen atoms in total. The molecule has 0 amide bonds. The van der Waals surface area contributed by atoms with Crippen molar-refractivity contribution in [1.82, 2.24) is 9.71 Å². The number of pyridine rings is 1. The number of hydrogen-bond donors (Lipinski definition) is 1. The van der Waals surface area contributed by atoms with Crippen LogP contribution in [0.3, 0.4) is 0 Å². The Hall–Kier alpha value is -0.940. The van der Waals surface area contributed by atoms with Gasteiger partial charge in [0.25, 0.3) is 0 Å². The van der Waals surface area contributed by atoms with E-state index in [1.54, 1.807) is 6.20 Å². The van der Waals surface area contributed by atoms with Gasteiger partial charge in [0.15, 0.2) is 0 Å². The maximum Gasteiger partial charge on any atom is 0.211 e. The standard InChI is InChI=1S/C10H16N2O2S/c1-3-6-15(13,14)12-8-10-5-4-9(2)11-7-10/h4-5,7,12H,3,6,8H2,1-2H3. The average Bonchev–Trinajstić information content (AvgIpc) is 2.17. The van der Waals surface area contributed by atoms with Crippen LogP contribution in [0.1, 0.15) is 24.6 Å². The minimum Gasteiger partial charge on any atom is -0.261 e. The van der Waals surface area contributed by atoms with E-state index in [4.69, 9.17) is 0 Å². The highest BCUT2D eigenvalue weighted by molar-refractivity contribution is 7.89. The van der Waals surface area contributed by atoms with Crippen molar-refractivity contribution in [2.75, 3.05) is 5.75 Å². The maximum atomic E-state index is 11.3. The predicted molar refractivity (Wildman–Crippen MR) is 59.9 cm³/mol. The number of aromatic nitrogens is 1. The van der Waals surface area contributed by atoms with E-state index in [1.165, 1.54) is 0 Å². The van der Waals surface area contributed by atoms with Gasteiger partial charge in [-0.05, 0) is 25.0 Å². The topological polar surface area (TPSA) is 59.1 Å². The van der Waals surface area contributed by atoms with Crippen molar-refractivity contribution in [1.29, 1.82) is 0 Å². The zero-order valence-electron chi connectivity index (χ0n) is 9.03. The second-order valence-corrected chi connectivity index (χ2v) is 5.37. The lowest BCUT2D eigenvalue weighted by Crippen LogP contribution is -2.25. The van der Waals surface area contributed by atoms with Gasteiger partial charge < -0.3 is 0 Å². The second-order valence-electron chi connectivity index (χ2n) is 3.45. The molecule has 0 aliphatic heterocycles. The number of sulfonamides is 1. The quantitative estimate of drug-likeness (QED) is 0.824. The second kappa shape index (κ2) is 5.23. The molecule has 84 valence electrons. The number of rotatable bonds is 5. The lowest BCUT2D eigenvalue weighted by molar-refractivity contribution is 0.580. The molecule has 0 aromatic carbocycles. The Morgan fingerprint density at radius 2 is 2.13 bits per heavy atom. The third-order valence-corrected chi connectivity index (χ3v) is 3.47. The molecule has 1 aromatic heterocycles. The van der Waals surface area contributed by atoms with E-state index in [2.05, 4.69) is 9.71 Å². The van der Waals surface area contributed by atoms with Gasteiger partial charge in [0, 0.05) is 18.4 Å². The molecule has 1 aromatic rings. The molecule has 0 bridgehead atoms. The first-order valence-corrected chi connectivity index (χ1v) is 6.57. The molecule has 0 spiro atoms. The molecule has 0 fully saturated rings. The van der Waals surface area contributed by atoms with Crippen molar-refractivity contribution in [2.24, 2.45) is 0 Å². The van der Waals surface area contributed by atoms with Crippen LogP contribution >= 0.6 is 0 Å². The van der Waals surface area contributed by atoms with Gasteiger partial charge in [-0.3, -0.25) is 4.98 Å². The van der Waals surface area contributed by atoms with E-state index in [1.807, 2.05) is 26.0 Å². The summed E-state index contributed by atoms with van der Waals surface area (Å²) in [7, 11) is -3.12. The lowest BCUT2D eigenvalue weighted by atomic mass is 10.2. The van der Waals surface area contributed by atoms with E-state index < -0.39 is 10.0 Å². The molecule has 0 atom stereocenters. The van der Waals surface area contributed by atoms with Gasteiger partial charge in [-0.2, -0.15) is 0 Å². The fourth-order valence-corrected chi connectivity index (χ4v) is 2.21. The predicted octanol–water partition coefficient (Wildman–Crippen LogP) is 1.22. The Balaban J connectivity index is 2.54. The first-order chi connectivity index (χ1) is 7.03. The summed E-state index contributed by atoms with van der Waals surface area (Å²) < 4.78 is 25.2. The zero-order chi connectivity index (χ0) is 11.3. The van der Waals surface area contributed by atoms with Crippen LogP contribution in [0.4, 0.5) is 0 Å². The van der Waals surface area contributed by atoms with Crippen molar-refractivity contribution in [3.8, 4) is 0 Å². The Morgan fingerprint density at radius 1 is 1.40 bits per heavy atom. The van der Waals surface area contributed by atoms with Crippen molar-refractivity contribution in [2.45, 2.75) is 26.8 Å². The molecule has 15 heavy (non-hydrogen) atoms. The molecule has 0 unspecified atom stereocenters. The number of nitrogens with zero attached hydrogens (tertiary/aromatic N) is 1. The van der Waals surface area contributed by atoms with E-state index in [9.17, 15) is 8.42 Å². The van der Waals surface area contributed by atoms with Crippen molar-refractivity contribution >= 4 is 10.0 Å². The molecule has 1 rings (SSSR count). The van der Waals surface area contributed by atoms with Crippen LogP contribution in [-0.4, -0.2) is 19.2 Å². The normalized spacial score (nSPS) is 11.6. The Morgan fingerprint density at radius 3 is 2.67 bits per heavy atom. The number of aryl methyl sites for hydroxylation is 1. The number of hydrogen-bond acceptors (Lipinski definition) is 3. The largest absolute Gasteiger partial charge is 0.261 e. The van der Waals surface area contributed by atoms with E-state index in [0.717, 1.165) is 11.3 Å². The molecule has 0 saturated carbocycles. The Kier molecular flexibility index (Phi) is 4.23. The van der Waals surface area contributed by atoms with Gasteiger partial charge in [0.05, 0.1) is 5.75 Å². The van der Waals surface area contributed by atoms with Crippen LogP contribution in [-0.2, 0) is 16.6 Å². The van der Waals surface area contributed by atoms with Crippen molar-refractivity contribution < 1.29 is 8.42 Å². The molecule has 0 aliphatic carbocycles. The highest BCUT2D eigenvalue weighted by atomic mass is 32.2. The summed E-state index contributed by atoms with van der Waals surface area (Å²) in [4.78, 5) is 4.09. The Labute approximate surface area is 90.8 Å². The summed E-state index contributed by atoms with van der Waals surface area (Å²) in [6.07, 6.45) is 2.31. The monoisotopic (exact) mass is 228 g/mol. The first-order valence-electron chi connectivity index (χ1n) is 4.92. The lowest BCUT2D eigenvalue weighted by Gasteiger charge is -2.05. The van der Waals surface area contributed by atoms with E-state index in [-0.39, 0.29) is 5.75 Å². The van der Waals surface area contributed by atoms with Gasteiger partial charge in [-0.25, -0.2) is 13.1 Å². The van der Waals surface area contributed by atoms with Crippen LogP contribution in [0.5, 0.6) is 0 Å². The maximum absolute atomic E-state index is 11.3. The van der Waals surface area contributed by atoms with E-state index in [0.29, 0.717) is 13.0 Å². The van der Waals surface area contributed by atoms with Crippen molar-refractivity contribution in [3.05, 3.63) is 29.6 Å². The van der Waals surface area contributed by atoms with Crippen LogP contribution in [0.2, 0.25) is 0 Å². The molecular weight excluding hydrogens is 212 g/mol. The smallest absolute Gasteiger partial charge is 0.211 e. The van der Waals surface area contributed by atoms with Gasteiger partial charge in [-0.15, -0.1) is 0 Å². The fourth-order valence-electron chi connectivity index (χ4n) is 1.14. The van der Waals surface area contributed by atoms with Gasteiger partial charge in [0.1, 0.15) is 0 Å². The summed E-state index contributed by atoms with van der Waals surface area (Å²) >= 11 is 0. The summed E-state index contributed by atoms with van der Waals surface area (Å²) in [6, 6.07) is 3.74. The average molecular weight is 228 g/mol. The van der Waals surface area contributed by atoms with Gasteiger partial charge in [0.2, 0.25) is 10.0 Å². The van der Waals surface area contributed by atoms with Crippen LogP contribution < -0.4 is 4.72 Å². The molecule has 0 saturated heterocycles. The van der Waals surface area contributed by atoms with Crippen LogP contribution in [0.15, 0.2) is 18.3 Å². The summed E-state index contributed by atoms with van der Waals surface area (Å²) in [6.45, 7) is 4.05. The summed E-state index contributed by atoms with van der Waals surface area (Å²) in [5, 5.41) is 0. The SMILES string of the molecule is CCCS(=O)(=O)NCc1ccc(C)nc1. The van der Waals surface area contributed by atoms with Crippen LogP contribution in [0, 0.1) is 6.92 Å². The molecular formula is C10H16N2O2S. The van der Waals surface area contributed by atoms with Gasteiger partial charge >= 0.3 is 0 Å². The van der Waals surface area contributed by atoms with Gasteiger partial charge in [-0.1, -0.05) is 13.0 Å². The van der Waals surface area contributed by atoms with E-state index >= 15 is 0 Å². The molecule has 5 heteroatoms. The zero-order valence-corrected chi connectivity index (χ0v) is 9.84. The highest BCUT2D eigenvalue weighted by Gasteiger charge is 2.07. The third kappa shape index (κ3) is 4.40. The first kappa shape index (κ1) is 12.1. The third-order valence-electron chi connectivity index (χ3n) is 1.94.